The van der Waals surface area contributed by atoms with Gasteiger partial charge in [-0.25, -0.2) is 4.98 Å². The molecule has 0 bridgehead atoms. The van der Waals surface area contributed by atoms with Crippen molar-refractivity contribution < 1.29 is 4.79 Å². The third kappa shape index (κ3) is 5.77. The van der Waals surface area contributed by atoms with Crippen molar-refractivity contribution in [2.24, 2.45) is 5.73 Å². The highest BCUT2D eigenvalue weighted by atomic mass is 35.5. The van der Waals surface area contributed by atoms with Gasteiger partial charge in [0.05, 0.1) is 11.6 Å². The standard InChI is InChI=1S/C26H34ClN7O/c1-5-18-13-20(27)26(30-24-12-17(4)32-33-24)31-25(18)29-21-11-15(2)19(10-16(21)3)22-8-6-7-9-34(22)14-23(28)35/h10-13,22H,5-9,14H2,1-4H3,(H2,28,35)(H3,29,30,31,32,33). The number of halogens is 1. The third-order valence-corrected chi connectivity index (χ3v) is 6.87. The quantitative estimate of drug-likeness (QED) is 0.331. The van der Waals surface area contributed by atoms with Gasteiger partial charge in [-0.1, -0.05) is 31.0 Å². The van der Waals surface area contributed by atoms with E-state index in [1.165, 1.54) is 11.1 Å². The minimum absolute atomic E-state index is 0.206. The van der Waals surface area contributed by atoms with Crippen molar-refractivity contribution in [1.29, 1.82) is 0 Å². The summed E-state index contributed by atoms with van der Waals surface area (Å²) in [5.74, 6) is 1.69. The van der Waals surface area contributed by atoms with Crippen molar-refractivity contribution in [3.8, 4) is 0 Å². The Kier molecular flexibility index (Phi) is 7.62. The lowest BCUT2D eigenvalue weighted by Gasteiger charge is -2.36. The number of amides is 1. The highest BCUT2D eigenvalue weighted by Gasteiger charge is 2.27. The average Bonchev–Trinajstić information content (AvgIpc) is 3.22. The lowest BCUT2D eigenvalue weighted by Crippen LogP contribution is -2.39. The van der Waals surface area contributed by atoms with E-state index >= 15 is 0 Å². The van der Waals surface area contributed by atoms with Crippen LogP contribution in [0.3, 0.4) is 0 Å². The van der Waals surface area contributed by atoms with E-state index in [0.29, 0.717) is 23.2 Å². The van der Waals surface area contributed by atoms with Crippen molar-refractivity contribution in [3.05, 3.63) is 57.2 Å². The van der Waals surface area contributed by atoms with Gasteiger partial charge in [-0.05, 0) is 81.0 Å². The van der Waals surface area contributed by atoms with Crippen LogP contribution in [0.1, 0.15) is 60.2 Å². The van der Waals surface area contributed by atoms with E-state index in [0.717, 1.165) is 60.6 Å². The van der Waals surface area contributed by atoms with Gasteiger partial charge in [-0.3, -0.25) is 14.8 Å². The summed E-state index contributed by atoms with van der Waals surface area (Å²) in [5, 5.41) is 14.4. The van der Waals surface area contributed by atoms with Gasteiger partial charge in [-0.2, -0.15) is 5.10 Å². The number of aryl methyl sites for hydroxylation is 4. The molecule has 1 saturated heterocycles. The van der Waals surface area contributed by atoms with E-state index in [1.54, 1.807) is 0 Å². The molecule has 186 valence electrons. The molecule has 1 aliphatic rings. The summed E-state index contributed by atoms with van der Waals surface area (Å²) < 4.78 is 0. The first-order valence-electron chi connectivity index (χ1n) is 12.1. The molecule has 35 heavy (non-hydrogen) atoms. The van der Waals surface area contributed by atoms with Gasteiger partial charge in [0.2, 0.25) is 5.91 Å². The van der Waals surface area contributed by atoms with Gasteiger partial charge < -0.3 is 16.4 Å². The van der Waals surface area contributed by atoms with Crippen LogP contribution in [0.4, 0.5) is 23.1 Å². The van der Waals surface area contributed by atoms with Crippen LogP contribution in [0.2, 0.25) is 5.02 Å². The van der Waals surface area contributed by atoms with Crippen LogP contribution in [0.15, 0.2) is 24.3 Å². The second-order valence-corrected chi connectivity index (χ2v) is 9.75. The Hall–Kier alpha value is -3.10. The molecular formula is C26H34ClN7O. The van der Waals surface area contributed by atoms with E-state index in [-0.39, 0.29) is 11.9 Å². The molecule has 8 nitrogen and oxygen atoms in total. The number of piperidine rings is 1. The molecule has 3 heterocycles. The zero-order chi connectivity index (χ0) is 25.1. The average molecular weight is 496 g/mol. The smallest absolute Gasteiger partial charge is 0.231 e. The van der Waals surface area contributed by atoms with Gasteiger partial charge in [0, 0.05) is 23.5 Å². The number of pyridine rings is 1. The molecule has 3 aromatic rings. The monoisotopic (exact) mass is 495 g/mol. The molecule has 1 aromatic carbocycles. The number of aromatic amines is 1. The largest absolute Gasteiger partial charge is 0.369 e. The minimum atomic E-state index is -0.278. The number of nitrogens with zero attached hydrogens (tertiary/aromatic N) is 3. The molecule has 1 unspecified atom stereocenters. The number of hydrogen-bond donors (Lipinski definition) is 4. The number of anilines is 4. The SMILES string of the molecule is CCc1cc(Cl)c(Nc2cc(C)[nH]n2)nc1Nc1cc(C)c(C2CCCCN2CC(N)=O)cc1C. The highest BCUT2D eigenvalue weighted by Crippen LogP contribution is 2.36. The topological polar surface area (TPSA) is 112 Å². The summed E-state index contributed by atoms with van der Waals surface area (Å²) in [6, 6.07) is 8.45. The second-order valence-electron chi connectivity index (χ2n) is 9.34. The summed E-state index contributed by atoms with van der Waals surface area (Å²) >= 11 is 6.52. The zero-order valence-corrected chi connectivity index (χ0v) is 21.6. The predicted molar refractivity (Wildman–Crippen MR) is 142 cm³/mol. The maximum Gasteiger partial charge on any atom is 0.231 e. The fraction of sp³-hybridized carbons (Fsp3) is 0.423. The van der Waals surface area contributed by atoms with E-state index in [4.69, 9.17) is 22.3 Å². The summed E-state index contributed by atoms with van der Waals surface area (Å²) in [6.07, 6.45) is 4.06. The first-order valence-corrected chi connectivity index (χ1v) is 12.5. The minimum Gasteiger partial charge on any atom is -0.369 e. The van der Waals surface area contributed by atoms with Crippen molar-refractivity contribution >= 4 is 40.6 Å². The Balaban J connectivity index is 1.63. The van der Waals surface area contributed by atoms with Crippen molar-refractivity contribution in [3.63, 3.8) is 0 Å². The number of hydrogen-bond acceptors (Lipinski definition) is 6. The van der Waals surface area contributed by atoms with Crippen molar-refractivity contribution in [1.82, 2.24) is 20.1 Å². The van der Waals surface area contributed by atoms with E-state index in [2.05, 4.69) is 58.6 Å². The Morgan fingerprint density at radius 3 is 2.63 bits per heavy atom. The first kappa shape index (κ1) is 25.0. The number of rotatable bonds is 8. The number of carbonyl (C=O) groups excluding carboxylic acids is 1. The lowest BCUT2D eigenvalue weighted by molar-refractivity contribution is -0.120. The molecule has 9 heteroatoms. The molecule has 1 amide bonds. The van der Waals surface area contributed by atoms with Crippen LogP contribution in [0.5, 0.6) is 0 Å². The summed E-state index contributed by atoms with van der Waals surface area (Å²) in [4.78, 5) is 18.6. The Morgan fingerprint density at radius 2 is 1.94 bits per heavy atom. The van der Waals surface area contributed by atoms with Gasteiger partial charge in [-0.15, -0.1) is 0 Å². The van der Waals surface area contributed by atoms with Crippen molar-refractivity contribution in [2.45, 2.75) is 59.4 Å². The molecule has 5 N–H and O–H groups in total. The molecule has 1 aliphatic heterocycles. The number of aromatic nitrogens is 3. The molecular weight excluding hydrogens is 462 g/mol. The predicted octanol–water partition coefficient (Wildman–Crippen LogP) is 5.45. The van der Waals surface area contributed by atoms with Crippen LogP contribution < -0.4 is 16.4 Å². The molecule has 2 aromatic heterocycles. The third-order valence-electron chi connectivity index (χ3n) is 6.59. The highest BCUT2D eigenvalue weighted by molar-refractivity contribution is 6.33. The maximum atomic E-state index is 11.6. The second kappa shape index (κ2) is 10.7. The fourth-order valence-corrected chi connectivity index (χ4v) is 5.01. The number of primary amides is 1. The number of nitrogens with two attached hydrogens (primary N) is 1. The van der Waals surface area contributed by atoms with Gasteiger partial charge in [0.15, 0.2) is 11.6 Å². The Morgan fingerprint density at radius 1 is 1.14 bits per heavy atom. The fourth-order valence-electron chi connectivity index (χ4n) is 4.79. The molecule has 0 spiro atoms. The van der Waals surface area contributed by atoms with Gasteiger partial charge in [0.25, 0.3) is 0 Å². The van der Waals surface area contributed by atoms with Crippen LogP contribution in [-0.4, -0.2) is 39.1 Å². The number of benzene rings is 1. The van der Waals surface area contributed by atoms with E-state index in [1.807, 2.05) is 19.1 Å². The lowest BCUT2D eigenvalue weighted by atomic mass is 9.90. The van der Waals surface area contributed by atoms with Crippen LogP contribution in [0, 0.1) is 20.8 Å². The summed E-state index contributed by atoms with van der Waals surface area (Å²) in [5.41, 5.74) is 12.0. The zero-order valence-electron chi connectivity index (χ0n) is 20.8. The first-order chi connectivity index (χ1) is 16.7. The van der Waals surface area contributed by atoms with E-state index < -0.39 is 0 Å². The number of H-pyrrole nitrogens is 1. The molecule has 0 radical (unpaired) electrons. The van der Waals surface area contributed by atoms with Crippen LogP contribution >= 0.6 is 11.6 Å². The van der Waals surface area contributed by atoms with Crippen molar-refractivity contribution in [2.75, 3.05) is 23.7 Å². The number of nitrogens with one attached hydrogen (secondary N) is 3. The molecule has 4 rings (SSSR count). The van der Waals surface area contributed by atoms with Crippen LogP contribution in [-0.2, 0) is 11.2 Å². The summed E-state index contributed by atoms with van der Waals surface area (Å²) in [6.45, 7) is 9.44. The molecule has 1 fully saturated rings. The number of carbonyl (C=O) groups is 1. The summed E-state index contributed by atoms with van der Waals surface area (Å²) in [7, 11) is 0. The molecule has 0 aliphatic carbocycles. The Bertz CT molecular complexity index is 1220. The molecule has 1 atom stereocenters. The van der Waals surface area contributed by atoms with Gasteiger partial charge >= 0.3 is 0 Å². The Labute approximate surface area is 211 Å². The normalized spacial score (nSPS) is 16.3. The molecule has 0 saturated carbocycles. The van der Waals surface area contributed by atoms with Gasteiger partial charge in [0.1, 0.15) is 5.82 Å². The number of likely N-dealkylation sites (tertiary alicyclic amines) is 1. The van der Waals surface area contributed by atoms with E-state index in [9.17, 15) is 4.79 Å². The van der Waals surface area contributed by atoms with Crippen LogP contribution in [0.25, 0.3) is 0 Å². The maximum absolute atomic E-state index is 11.6.